The van der Waals surface area contributed by atoms with Crippen LogP contribution in [0.4, 0.5) is 10.5 Å². The molecular formula is C19H21N5O3. The third-order valence-corrected chi connectivity index (χ3v) is 4.13. The van der Waals surface area contributed by atoms with Crippen LogP contribution < -0.4 is 10.6 Å². The Morgan fingerprint density at radius 1 is 1.22 bits per heavy atom. The summed E-state index contributed by atoms with van der Waals surface area (Å²) in [5, 5.41) is 5.44. The lowest BCUT2D eigenvalue weighted by Gasteiger charge is -2.08. The van der Waals surface area contributed by atoms with Crippen molar-refractivity contribution in [1.82, 2.24) is 19.9 Å². The summed E-state index contributed by atoms with van der Waals surface area (Å²) < 4.78 is 6.79. The molecular weight excluding hydrogens is 346 g/mol. The average Bonchev–Trinajstić information content (AvgIpc) is 2.94. The molecule has 0 saturated heterocycles. The lowest BCUT2D eigenvalue weighted by molar-refractivity contribution is 0.102. The Morgan fingerprint density at radius 2 is 2.04 bits per heavy atom. The van der Waals surface area contributed by atoms with E-state index < -0.39 is 6.09 Å². The van der Waals surface area contributed by atoms with E-state index in [1.165, 1.54) is 6.20 Å². The average molecular weight is 367 g/mol. The molecule has 3 aromatic rings. The molecule has 8 nitrogen and oxygen atoms in total. The molecule has 0 atom stereocenters. The van der Waals surface area contributed by atoms with Crippen LogP contribution in [0.5, 0.6) is 0 Å². The van der Waals surface area contributed by atoms with Gasteiger partial charge < -0.3 is 19.9 Å². The summed E-state index contributed by atoms with van der Waals surface area (Å²) in [6.45, 7) is 4.13. The first-order chi connectivity index (χ1) is 13.0. The zero-order valence-electron chi connectivity index (χ0n) is 15.4. The van der Waals surface area contributed by atoms with Crippen molar-refractivity contribution in [3.63, 3.8) is 0 Å². The first-order valence-electron chi connectivity index (χ1n) is 8.58. The summed E-state index contributed by atoms with van der Waals surface area (Å²) in [6.07, 6.45) is 1.01. The van der Waals surface area contributed by atoms with Gasteiger partial charge in [0.2, 0.25) is 0 Å². The van der Waals surface area contributed by atoms with E-state index in [-0.39, 0.29) is 12.5 Å². The van der Waals surface area contributed by atoms with Crippen LogP contribution in [-0.2, 0) is 18.3 Å². The second kappa shape index (κ2) is 7.86. The number of nitrogens with one attached hydrogen (secondary N) is 2. The van der Waals surface area contributed by atoms with E-state index in [0.29, 0.717) is 23.6 Å². The van der Waals surface area contributed by atoms with Gasteiger partial charge in [-0.1, -0.05) is 0 Å². The molecule has 0 aliphatic rings. The monoisotopic (exact) mass is 367 g/mol. The molecule has 140 valence electrons. The highest BCUT2D eigenvalue weighted by Crippen LogP contribution is 2.20. The van der Waals surface area contributed by atoms with Gasteiger partial charge in [0.25, 0.3) is 5.91 Å². The molecule has 0 saturated carbocycles. The van der Waals surface area contributed by atoms with Gasteiger partial charge in [0.15, 0.2) is 0 Å². The molecule has 1 aromatic carbocycles. The number of aromatic nitrogens is 3. The highest BCUT2D eigenvalue weighted by molar-refractivity contribution is 6.05. The summed E-state index contributed by atoms with van der Waals surface area (Å²) in [6, 6.07) is 8.85. The fraction of sp³-hybridized carbons (Fsp3) is 0.263. The van der Waals surface area contributed by atoms with E-state index in [9.17, 15) is 9.59 Å². The number of ether oxygens (including phenoxy) is 1. The molecule has 0 bridgehead atoms. The molecule has 0 aliphatic carbocycles. The number of nitrogens with zero attached hydrogens (tertiary/aromatic N) is 3. The Bertz CT molecular complexity index is 996. The number of alkyl carbamates (subject to hydrolysis) is 1. The first-order valence-corrected chi connectivity index (χ1v) is 8.58. The smallest absolute Gasteiger partial charge is 0.407 e. The molecule has 3 rings (SSSR count). The van der Waals surface area contributed by atoms with Crippen LogP contribution in [0.25, 0.3) is 11.0 Å². The molecule has 2 aromatic heterocycles. The number of imidazole rings is 1. The van der Waals surface area contributed by atoms with Gasteiger partial charge in [-0.2, -0.15) is 0 Å². The predicted molar refractivity (Wildman–Crippen MR) is 102 cm³/mol. The number of carbonyl (C=O) groups excluding carboxylic acids is 2. The van der Waals surface area contributed by atoms with Gasteiger partial charge in [0.1, 0.15) is 5.82 Å². The molecule has 2 N–H and O–H groups in total. The lowest BCUT2D eigenvalue weighted by Crippen LogP contribution is -2.24. The van der Waals surface area contributed by atoms with Crippen LogP contribution in [0.1, 0.15) is 28.8 Å². The van der Waals surface area contributed by atoms with Crippen LogP contribution in [0.3, 0.4) is 0 Å². The van der Waals surface area contributed by atoms with Crippen molar-refractivity contribution in [1.29, 1.82) is 0 Å². The maximum atomic E-state index is 12.5. The third kappa shape index (κ3) is 4.22. The molecule has 27 heavy (non-hydrogen) atoms. The van der Waals surface area contributed by atoms with E-state index in [1.54, 1.807) is 19.1 Å². The Hall–Kier alpha value is -3.42. The first kappa shape index (κ1) is 18.4. The van der Waals surface area contributed by atoms with Gasteiger partial charge in [0, 0.05) is 24.5 Å². The summed E-state index contributed by atoms with van der Waals surface area (Å²) in [4.78, 5) is 32.5. The zero-order chi connectivity index (χ0) is 19.4. The van der Waals surface area contributed by atoms with Crippen molar-refractivity contribution < 1.29 is 14.3 Å². The van der Waals surface area contributed by atoms with E-state index in [0.717, 1.165) is 16.9 Å². The van der Waals surface area contributed by atoms with Crippen molar-refractivity contribution in [3.8, 4) is 0 Å². The fourth-order valence-corrected chi connectivity index (χ4v) is 2.66. The molecule has 0 spiro atoms. The number of aryl methyl sites for hydroxylation is 2. The van der Waals surface area contributed by atoms with Crippen LogP contribution in [-0.4, -0.2) is 33.1 Å². The number of rotatable bonds is 5. The normalized spacial score (nSPS) is 10.6. The quantitative estimate of drug-likeness (QED) is 0.722. The molecule has 0 aliphatic heterocycles. The van der Waals surface area contributed by atoms with Crippen LogP contribution in [0, 0.1) is 6.92 Å². The minimum atomic E-state index is -0.520. The van der Waals surface area contributed by atoms with Crippen molar-refractivity contribution in [2.75, 3.05) is 11.9 Å². The van der Waals surface area contributed by atoms with E-state index >= 15 is 0 Å². The zero-order valence-corrected chi connectivity index (χ0v) is 15.4. The number of amides is 2. The van der Waals surface area contributed by atoms with Gasteiger partial charge >= 0.3 is 6.09 Å². The Labute approximate surface area is 156 Å². The van der Waals surface area contributed by atoms with Gasteiger partial charge in [-0.3, -0.25) is 9.78 Å². The maximum Gasteiger partial charge on any atom is 0.407 e. The van der Waals surface area contributed by atoms with Gasteiger partial charge in [-0.15, -0.1) is 0 Å². The Balaban J connectivity index is 1.70. The van der Waals surface area contributed by atoms with E-state index in [2.05, 4.69) is 20.6 Å². The molecule has 2 heterocycles. The number of hydrogen-bond donors (Lipinski definition) is 2. The summed E-state index contributed by atoms with van der Waals surface area (Å²) in [5.41, 5.74) is 3.49. The van der Waals surface area contributed by atoms with Crippen molar-refractivity contribution in [3.05, 3.63) is 53.6 Å². The number of fused-ring (bicyclic) bond motifs is 1. The topological polar surface area (TPSA) is 98.1 Å². The number of carbonyl (C=O) groups is 2. The second-order valence-corrected chi connectivity index (χ2v) is 5.99. The number of anilines is 1. The highest BCUT2D eigenvalue weighted by atomic mass is 16.5. The number of benzene rings is 1. The maximum absolute atomic E-state index is 12.5. The van der Waals surface area contributed by atoms with Gasteiger partial charge in [-0.25, -0.2) is 9.78 Å². The van der Waals surface area contributed by atoms with E-state index in [1.807, 2.05) is 36.7 Å². The van der Waals surface area contributed by atoms with E-state index in [4.69, 9.17) is 4.74 Å². The summed E-state index contributed by atoms with van der Waals surface area (Å²) >= 11 is 0. The molecule has 0 radical (unpaired) electrons. The Morgan fingerprint density at radius 3 is 2.81 bits per heavy atom. The van der Waals surface area contributed by atoms with Gasteiger partial charge in [0.05, 0.1) is 29.9 Å². The summed E-state index contributed by atoms with van der Waals surface area (Å²) in [5.74, 6) is 0.642. The molecule has 0 fully saturated rings. The molecule has 8 heteroatoms. The SMILES string of the molecule is CCOC(=O)NCc1cc(C(=O)Nc2ccc3c(c2)nc(C)n3C)ccn1. The number of hydrogen-bond acceptors (Lipinski definition) is 5. The minimum Gasteiger partial charge on any atom is -0.450 e. The predicted octanol–water partition coefficient (Wildman–Crippen LogP) is 2.78. The minimum absolute atomic E-state index is 0.180. The summed E-state index contributed by atoms with van der Waals surface area (Å²) in [7, 11) is 1.95. The molecule has 0 unspecified atom stereocenters. The third-order valence-electron chi connectivity index (χ3n) is 4.13. The highest BCUT2D eigenvalue weighted by Gasteiger charge is 2.10. The second-order valence-electron chi connectivity index (χ2n) is 5.99. The van der Waals surface area contributed by atoms with Crippen molar-refractivity contribution >= 4 is 28.7 Å². The Kier molecular flexibility index (Phi) is 5.35. The largest absolute Gasteiger partial charge is 0.450 e. The van der Waals surface area contributed by atoms with Crippen molar-refractivity contribution in [2.24, 2.45) is 7.05 Å². The van der Waals surface area contributed by atoms with Crippen LogP contribution in [0.15, 0.2) is 36.5 Å². The molecule has 2 amide bonds. The van der Waals surface area contributed by atoms with Gasteiger partial charge in [-0.05, 0) is 44.2 Å². The lowest BCUT2D eigenvalue weighted by atomic mass is 10.2. The fourth-order valence-electron chi connectivity index (χ4n) is 2.66. The van der Waals surface area contributed by atoms with Crippen LogP contribution in [0.2, 0.25) is 0 Å². The standard InChI is InChI=1S/C19H21N5O3/c1-4-27-19(26)21-11-15-9-13(7-8-20-15)18(25)23-14-5-6-17-16(10-14)22-12(2)24(17)3/h5-10H,4,11H2,1-3H3,(H,21,26)(H,23,25). The van der Waals surface area contributed by atoms with Crippen molar-refractivity contribution in [2.45, 2.75) is 20.4 Å². The number of pyridine rings is 1. The van der Waals surface area contributed by atoms with Crippen LogP contribution >= 0.6 is 0 Å².